The summed E-state index contributed by atoms with van der Waals surface area (Å²) < 4.78 is 15.2. The van der Waals surface area contributed by atoms with E-state index >= 15 is 0 Å². The van der Waals surface area contributed by atoms with Crippen LogP contribution in [0.1, 0.15) is 24.1 Å². The van der Waals surface area contributed by atoms with Crippen LogP contribution in [0.4, 0.5) is 4.39 Å². The second kappa shape index (κ2) is 5.30. The van der Waals surface area contributed by atoms with Gasteiger partial charge in [-0.15, -0.1) is 0 Å². The number of benzene rings is 1. The van der Waals surface area contributed by atoms with Crippen molar-refractivity contribution in [1.82, 2.24) is 9.38 Å². The Bertz CT molecular complexity index is 775. The van der Waals surface area contributed by atoms with Gasteiger partial charge < -0.3 is 10.1 Å². The molecule has 2 heterocycles. The zero-order valence-corrected chi connectivity index (χ0v) is 12.2. The largest absolute Gasteiger partial charge is 0.330 e. The second-order valence-corrected chi connectivity index (χ2v) is 5.37. The van der Waals surface area contributed by atoms with Crippen molar-refractivity contribution in [3.8, 4) is 11.3 Å². The molecule has 0 saturated heterocycles. The van der Waals surface area contributed by atoms with Gasteiger partial charge in [0.2, 0.25) is 0 Å². The molecule has 108 valence electrons. The van der Waals surface area contributed by atoms with Crippen molar-refractivity contribution in [2.24, 2.45) is 5.73 Å². The van der Waals surface area contributed by atoms with Crippen LogP contribution in [0.3, 0.4) is 0 Å². The van der Waals surface area contributed by atoms with Crippen LogP contribution < -0.4 is 5.73 Å². The van der Waals surface area contributed by atoms with Crippen molar-refractivity contribution in [2.45, 2.75) is 19.8 Å². The monoisotopic (exact) mass is 283 g/mol. The molecule has 0 aliphatic heterocycles. The van der Waals surface area contributed by atoms with Crippen LogP contribution in [0, 0.1) is 12.7 Å². The van der Waals surface area contributed by atoms with Gasteiger partial charge in [-0.2, -0.15) is 0 Å². The molecule has 0 bridgehead atoms. The highest BCUT2D eigenvalue weighted by atomic mass is 19.1. The molecule has 3 aromatic rings. The summed E-state index contributed by atoms with van der Waals surface area (Å²) in [5.74, 6) is -0.0750. The highest BCUT2D eigenvalue weighted by molar-refractivity contribution is 5.68. The van der Waals surface area contributed by atoms with Crippen molar-refractivity contribution >= 4 is 5.65 Å². The van der Waals surface area contributed by atoms with Crippen LogP contribution in [0.25, 0.3) is 16.9 Å². The fourth-order valence-electron chi connectivity index (χ4n) is 2.62. The first-order valence-electron chi connectivity index (χ1n) is 7.05. The molecule has 0 aliphatic carbocycles. The summed E-state index contributed by atoms with van der Waals surface area (Å²) in [6, 6.07) is 10.5. The van der Waals surface area contributed by atoms with E-state index < -0.39 is 0 Å². The van der Waals surface area contributed by atoms with E-state index in [9.17, 15) is 4.39 Å². The molecule has 0 amide bonds. The molecule has 3 nitrogen and oxygen atoms in total. The van der Waals surface area contributed by atoms with Crippen molar-refractivity contribution in [2.75, 3.05) is 6.54 Å². The van der Waals surface area contributed by atoms with E-state index in [1.165, 1.54) is 12.1 Å². The Balaban J connectivity index is 2.30. The standard InChI is InChI=1S/C17H18FN3/c1-11-4-3-9-21-16(12(2)10-19)15(20-17(11)21)13-5-7-14(18)8-6-13/h3-9,12H,10,19H2,1-2H3. The van der Waals surface area contributed by atoms with E-state index in [1.807, 2.05) is 25.3 Å². The minimum absolute atomic E-state index is 0.168. The van der Waals surface area contributed by atoms with Crippen LogP contribution in [0.15, 0.2) is 42.6 Å². The number of imidazole rings is 1. The third-order valence-corrected chi connectivity index (χ3v) is 3.82. The lowest BCUT2D eigenvalue weighted by Crippen LogP contribution is -2.12. The van der Waals surface area contributed by atoms with Crippen LogP contribution in [0.5, 0.6) is 0 Å². The molecule has 2 N–H and O–H groups in total. The van der Waals surface area contributed by atoms with Crippen LogP contribution in [0.2, 0.25) is 0 Å². The smallest absolute Gasteiger partial charge is 0.140 e. The fraction of sp³-hybridized carbons (Fsp3) is 0.235. The minimum Gasteiger partial charge on any atom is -0.330 e. The summed E-state index contributed by atoms with van der Waals surface area (Å²) >= 11 is 0. The maximum Gasteiger partial charge on any atom is 0.140 e. The lowest BCUT2D eigenvalue weighted by molar-refractivity contribution is 0.628. The van der Waals surface area contributed by atoms with Crippen LogP contribution in [-0.2, 0) is 0 Å². The third-order valence-electron chi connectivity index (χ3n) is 3.82. The average molecular weight is 283 g/mol. The SMILES string of the molecule is Cc1cccn2c(C(C)CN)c(-c3ccc(F)cc3)nc12. The van der Waals surface area contributed by atoms with Gasteiger partial charge in [0.1, 0.15) is 11.5 Å². The number of fused-ring (bicyclic) bond motifs is 1. The summed E-state index contributed by atoms with van der Waals surface area (Å²) in [6.07, 6.45) is 2.00. The van der Waals surface area contributed by atoms with Gasteiger partial charge in [0.25, 0.3) is 0 Å². The van der Waals surface area contributed by atoms with Gasteiger partial charge in [0, 0.05) is 24.2 Å². The molecule has 3 rings (SSSR count). The molecule has 0 radical (unpaired) electrons. The highest BCUT2D eigenvalue weighted by Crippen LogP contribution is 2.30. The summed E-state index contributed by atoms with van der Waals surface area (Å²) in [5.41, 5.74) is 10.8. The molecule has 1 unspecified atom stereocenters. The Morgan fingerprint density at radius 3 is 2.62 bits per heavy atom. The van der Waals surface area contributed by atoms with E-state index in [-0.39, 0.29) is 11.7 Å². The van der Waals surface area contributed by atoms with Crippen LogP contribution in [-0.4, -0.2) is 15.9 Å². The first kappa shape index (κ1) is 13.8. The van der Waals surface area contributed by atoms with Gasteiger partial charge in [-0.25, -0.2) is 9.37 Å². The average Bonchev–Trinajstić information content (AvgIpc) is 2.88. The molecular weight excluding hydrogens is 265 g/mol. The van der Waals surface area contributed by atoms with Crippen molar-refractivity contribution < 1.29 is 4.39 Å². The molecule has 4 heteroatoms. The Morgan fingerprint density at radius 1 is 1.24 bits per heavy atom. The normalized spacial score (nSPS) is 12.8. The Kier molecular flexibility index (Phi) is 3.47. The Labute approximate surface area is 123 Å². The maximum absolute atomic E-state index is 13.2. The lowest BCUT2D eigenvalue weighted by Gasteiger charge is -2.11. The zero-order chi connectivity index (χ0) is 15.0. The van der Waals surface area contributed by atoms with Gasteiger partial charge in [0.05, 0.1) is 11.4 Å². The topological polar surface area (TPSA) is 43.3 Å². The Morgan fingerprint density at radius 2 is 1.95 bits per heavy atom. The van der Waals surface area contributed by atoms with E-state index in [0.717, 1.165) is 28.2 Å². The zero-order valence-electron chi connectivity index (χ0n) is 12.2. The van der Waals surface area contributed by atoms with Gasteiger partial charge >= 0.3 is 0 Å². The fourth-order valence-corrected chi connectivity index (χ4v) is 2.62. The molecule has 1 atom stereocenters. The van der Waals surface area contributed by atoms with E-state index in [2.05, 4.69) is 11.3 Å². The lowest BCUT2D eigenvalue weighted by atomic mass is 10.0. The summed E-state index contributed by atoms with van der Waals surface area (Å²) in [4.78, 5) is 4.77. The highest BCUT2D eigenvalue weighted by Gasteiger charge is 2.19. The number of nitrogens with zero attached hydrogens (tertiary/aromatic N) is 2. The first-order valence-corrected chi connectivity index (χ1v) is 7.05. The predicted octanol–water partition coefficient (Wildman–Crippen LogP) is 3.51. The van der Waals surface area contributed by atoms with E-state index in [0.29, 0.717) is 6.54 Å². The molecule has 21 heavy (non-hydrogen) atoms. The van der Waals surface area contributed by atoms with Crippen molar-refractivity contribution in [1.29, 1.82) is 0 Å². The van der Waals surface area contributed by atoms with E-state index in [4.69, 9.17) is 10.7 Å². The predicted molar refractivity (Wildman–Crippen MR) is 82.8 cm³/mol. The number of hydrogen-bond donors (Lipinski definition) is 1. The van der Waals surface area contributed by atoms with Gasteiger partial charge in [-0.1, -0.05) is 13.0 Å². The molecule has 0 spiro atoms. The molecule has 0 aliphatic rings. The van der Waals surface area contributed by atoms with Crippen molar-refractivity contribution in [3.05, 3.63) is 59.7 Å². The minimum atomic E-state index is -0.243. The van der Waals surface area contributed by atoms with Crippen molar-refractivity contribution in [3.63, 3.8) is 0 Å². The summed E-state index contributed by atoms with van der Waals surface area (Å²) in [7, 11) is 0. The molecule has 1 aromatic carbocycles. The number of nitrogens with two attached hydrogens (primary N) is 1. The number of aromatic nitrogens is 2. The number of pyridine rings is 1. The number of halogens is 1. The molecular formula is C17H18FN3. The number of rotatable bonds is 3. The maximum atomic E-state index is 13.2. The van der Waals surface area contributed by atoms with Crippen LogP contribution >= 0.6 is 0 Å². The summed E-state index contributed by atoms with van der Waals surface area (Å²) in [5, 5.41) is 0. The van der Waals surface area contributed by atoms with Gasteiger partial charge in [-0.3, -0.25) is 0 Å². The quantitative estimate of drug-likeness (QED) is 0.799. The van der Waals surface area contributed by atoms with Gasteiger partial charge in [0.15, 0.2) is 0 Å². The number of aryl methyl sites for hydroxylation is 1. The number of hydrogen-bond acceptors (Lipinski definition) is 2. The molecule has 0 fully saturated rings. The Hall–Kier alpha value is -2.20. The van der Waals surface area contributed by atoms with Gasteiger partial charge in [-0.05, 0) is 42.8 Å². The van der Waals surface area contributed by atoms with E-state index in [1.54, 1.807) is 12.1 Å². The first-order chi connectivity index (χ1) is 10.1. The molecule has 0 saturated carbocycles. The summed E-state index contributed by atoms with van der Waals surface area (Å²) in [6.45, 7) is 4.66. The molecule has 2 aromatic heterocycles. The second-order valence-electron chi connectivity index (χ2n) is 5.37. The third kappa shape index (κ3) is 2.32.